The van der Waals surface area contributed by atoms with E-state index in [2.05, 4.69) is 6.58 Å². The number of hydrogen-bond donors (Lipinski definition) is 1. The summed E-state index contributed by atoms with van der Waals surface area (Å²) in [6.45, 7) is 3.87. The molecular weight excluding hydrogens is 178 g/mol. The van der Waals surface area contributed by atoms with E-state index in [4.69, 9.17) is 0 Å². The Kier molecular flexibility index (Phi) is 3.29. The lowest BCUT2D eigenvalue weighted by atomic mass is 10.2. The average Bonchev–Trinajstić information content (AvgIpc) is 2.16. The molecule has 0 atom stereocenters. The minimum Gasteiger partial charge on any atom is -0.508 e. The first kappa shape index (κ1) is 10.3. The number of benzene rings is 1. The van der Waals surface area contributed by atoms with Gasteiger partial charge in [0.2, 0.25) is 5.91 Å². The minimum absolute atomic E-state index is 0.131. The smallest absolute Gasteiger partial charge is 0.245 e. The predicted octanol–water partition coefficient (Wildman–Crippen LogP) is 1.54. The van der Waals surface area contributed by atoms with E-state index in [1.807, 2.05) is 6.07 Å². The quantitative estimate of drug-likeness (QED) is 0.736. The maximum absolute atomic E-state index is 11.1. The molecule has 0 unspecified atom stereocenters. The van der Waals surface area contributed by atoms with E-state index >= 15 is 0 Å². The zero-order chi connectivity index (χ0) is 10.6. The summed E-state index contributed by atoms with van der Waals surface area (Å²) in [6.07, 6.45) is 1.27. The van der Waals surface area contributed by atoms with Gasteiger partial charge in [0, 0.05) is 13.6 Å². The van der Waals surface area contributed by atoms with Crippen molar-refractivity contribution in [2.75, 3.05) is 7.05 Å². The van der Waals surface area contributed by atoms with E-state index in [1.54, 1.807) is 25.2 Å². The summed E-state index contributed by atoms with van der Waals surface area (Å²) < 4.78 is 0. The van der Waals surface area contributed by atoms with E-state index in [9.17, 15) is 9.90 Å². The lowest BCUT2D eigenvalue weighted by Gasteiger charge is -2.14. The normalized spacial score (nSPS) is 9.50. The number of carbonyl (C=O) groups excluding carboxylic acids is 1. The number of carbonyl (C=O) groups is 1. The number of nitrogens with zero attached hydrogens (tertiary/aromatic N) is 1. The van der Waals surface area contributed by atoms with Crippen LogP contribution >= 0.6 is 0 Å². The molecule has 3 heteroatoms. The molecule has 0 radical (unpaired) electrons. The molecule has 0 spiro atoms. The van der Waals surface area contributed by atoms with E-state index in [0.29, 0.717) is 6.54 Å². The lowest BCUT2D eigenvalue weighted by molar-refractivity contribution is -0.125. The van der Waals surface area contributed by atoms with Gasteiger partial charge in [-0.1, -0.05) is 18.7 Å². The van der Waals surface area contributed by atoms with Crippen molar-refractivity contribution in [2.24, 2.45) is 0 Å². The third-order valence-electron chi connectivity index (χ3n) is 1.88. The van der Waals surface area contributed by atoms with Gasteiger partial charge in [-0.15, -0.1) is 0 Å². The number of rotatable bonds is 3. The van der Waals surface area contributed by atoms with Crippen molar-refractivity contribution in [3.63, 3.8) is 0 Å². The van der Waals surface area contributed by atoms with Gasteiger partial charge < -0.3 is 10.0 Å². The highest BCUT2D eigenvalue weighted by Crippen LogP contribution is 2.12. The molecule has 0 aliphatic heterocycles. The zero-order valence-corrected chi connectivity index (χ0v) is 8.10. The molecule has 0 saturated heterocycles. The van der Waals surface area contributed by atoms with Crippen molar-refractivity contribution in [2.45, 2.75) is 6.54 Å². The topological polar surface area (TPSA) is 40.5 Å². The van der Waals surface area contributed by atoms with E-state index in [-0.39, 0.29) is 11.7 Å². The molecule has 0 aliphatic rings. The molecule has 14 heavy (non-hydrogen) atoms. The molecule has 1 aromatic carbocycles. The molecular formula is C11H13NO2. The maximum atomic E-state index is 11.1. The fourth-order valence-electron chi connectivity index (χ4n) is 1.16. The fraction of sp³-hybridized carbons (Fsp3) is 0.182. The van der Waals surface area contributed by atoms with Crippen LogP contribution < -0.4 is 0 Å². The Morgan fingerprint density at radius 2 is 2.36 bits per heavy atom. The Morgan fingerprint density at radius 1 is 1.64 bits per heavy atom. The van der Waals surface area contributed by atoms with Crippen LogP contribution in [-0.4, -0.2) is 23.0 Å². The van der Waals surface area contributed by atoms with Gasteiger partial charge in [-0.3, -0.25) is 4.79 Å². The molecule has 1 aromatic rings. The summed E-state index contributed by atoms with van der Waals surface area (Å²) >= 11 is 0. The first-order valence-corrected chi connectivity index (χ1v) is 4.29. The highest BCUT2D eigenvalue weighted by atomic mass is 16.3. The number of amides is 1. The molecule has 1 rings (SSSR count). The molecule has 74 valence electrons. The van der Waals surface area contributed by atoms with E-state index in [0.717, 1.165) is 5.56 Å². The second-order valence-electron chi connectivity index (χ2n) is 3.07. The first-order chi connectivity index (χ1) is 6.63. The van der Waals surface area contributed by atoms with Crippen LogP contribution in [0.4, 0.5) is 0 Å². The molecule has 0 heterocycles. The lowest BCUT2D eigenvalue weighted by Crippen LogP contribution is -2.23. The Hall–Kier alpha value is -1.77. The molecule has 3 nitrogen and oxygen atoms in total. The van der Waals surface area contributed by atoms with Crippen molar-refractivity contribution < 1.29 is 9.90 Å². The highest BCUT2D eigenvalue weighted by Gasteiger charge is 2.04. The number of phenols is 1. The SMILES string of the molecule is C=CC(=O)N(C)Cc1cccc(O)c1. The van der Waals surface area contributed by atoms with Crippen molar-refractivity contribution >= 4 is 5.91 Å². The van der Waals surface area contributed by atoms with Crippen molar-refractivity contribution in [1.29, 1.82) is 0 Å². The summed E-state index contributed by atoms with van der Waals surface area (Å²) in [5.74, 6) is 0.0790. The molecule has 0 bridgehead atoms. The third-order valence-corrected chi connectivity index (χ3v) is 1.88. The van der Waals surface area contributed by atoms with E-state index in [1.165, 1.54) is 11.0 Å². The van der Waals surface area contributed by atoms with Gasteiger partial charge in [-0.25, -0.2) is 0 Å². The number of aromatic hydroxyl groups is 1. The molecule has 0 fully saturated rings. The third kappa shape index (κ3) is 2.62. The van der Waals surface area contributed by atoms with Gasteiger partial charge in [0.15, 0.2) is 0 Å². The Bertz CT molecular complexity index is 347. The summed E-state index contributed by atoms with van der Waals surface area (Å²) in [6, 6.07) is 6.83. The van der Waals surface area contributed by atoms with Crippen LogP contribution in [0, 0.1) is 0 Å². The molecule has 1 N–H and O–H groups in total. The Morgan fingerprint density at radius 3 is 2.93 bits per heavy atom. The van der Waals surface area contributed by atoms with Crippen LogP contribution in [0.3, 0.4) is 0 Å². The Labute approximate surface area is 83.3 Å². The molecule has 0 aliphatic carbocycles. The van der Waals surface area contributed by atoms with Crippen LogP contribution in [0.5, 0.6) is 5.75 Å². The fourth-order valence-corrected chi connectivity index (χ4v) is 1.16. The number of likely N-dealkylation sites (N-methyl/N-ethyl adjacent to an activating group) is 1. The van der Waals surface area contributed by atoms with Crippen molar-refractivity contribution in [1.82, 2.24) is 4.90 Å². The van der Waals surface area contributed by atoms with Gasteiger partial charge in [0.05, 0.1) is 0 Å². The zero-order valence-electron chi connectivity index (χ0n) is 8.10. The monoisotopic (exact) mass is 191 g/mol. The van der Waals surface area contributed by atoms with Crippen LogP contribution in [0.25, 0.3) is 0 Å². The van der Waals surface area contributed by atoms with Crippen LogP contribution in [0.15, 0.2) is 36.9 Å². The predicted molar refractivity (Wildman–Crippen MR) is 54.8 cm³/mol. The summed E-state index contributed by atoms with van der Waals surface area (Å²) in [4.78, 5) is 12.7. The summed E-state index contributed by atoms with van der Waals surface area (Å²) in [7, 11) is 1.69. The van der Waals surface area contributed by atoms with Gasteiger partial charge in [-0.05, 0) is 23.8 Å². The maximum Gasteiger partial charge on any atom is 0.245 e. The molecule has 0 saturated carbocycles. The van der Waals surface area contributed by atoms with Crippen LogP contribution in [0.1, 0.15) is 5.56 Å². The average molecular weight is 191 g/mol. The standard InChI is InChI=1S/C11H13NO2/c1-3-11(14)12(2)8-9-5-4-6-10(13)7-9/h3-7,13H,1,8H2,2H3. The van der Waals surface area contributed by atoms with E-state index < -0.39 is 0 Å². The van der Waals surface area contributed by atoms with Gasteiger partial charge in [0.1, 0.15) is 5.75 Å². The minimum atomic E-state index is -0.131. The second kappa shape index (κ2) is 4.46. The second-order valence-corrected chi connectivity index (χ2v) is 3.07. The molecule has 1 amide bonds. The van der Waals surface area contributed by atoms with Crippen molar-refractivity contribution in [3.8, 4) is 5.75 Å². The Balaban J connectivity index is 2.69. The van der Waals surface area contributed by atoms with Gasteiger partial charge in [0.25, 0.3) is 0 Å². The van der Waals surface area contributed by atoms with Gasteiger partial charge in [-0.2, -0.15) is 0 Å². The number of phenolic OH excluding ortho intramolecular Hbond substituents is 1. The molecule has 0 aromatic heterocycles. The summed E-state index contributed by atoms with van der Waals surface area (Å²) in [5.41, 5.74) is 0.891. The van der Waals surface area contributed by atoms with Gasteiger partial charge >= 0.3 is 0 Å². The highest BCUT2D eigenvalue weighted by molar-refractivity contribution is 5.86. The van der Waals surface area contributed by atoms with Crippen LogP contribution in [0.2, 0.25) is 0 Å². The van der Waals surface area contributed by atoms with Crippen molar-refractivity contribution in [3.05, 3.63) is 42.5 Å². The largest absolute Gasteiger partial charge is 0.508 e. The first-order valence-electron chi connectivity index (χ1n) is 4.29. The van der Waals surface area contributed by atoms with Crippen LogP contribution in [-0.2, 0) is 11.3 Å². The number of hydrogen-bond acceptors (Lipinski definition) is 2. The summed E-state index contributed by atoms with van der Waals surface area (Å²) in [5, 5.41) is 9.20.